The van der Waals surface area contributed by atoms with Crippen LogP contribution in [0.5, 0.6) is 0 Å². The van der Waals surface area contributed by atoms with Crippen LogP contribution in [0, 0.1) is 0 Å². The molecular weight excluding hydrogens is 106 g/mol. The van der Waals surface area contributed by atoms with E-state index in [0.717, 1.165) is 6.92 Å². The molecule has 0 aromatic carbocycles. The molecule has 48 valence electrons. The fourth-order valence-electron chi connectivity index (χ4n) is 0. The lowest BCUT2D eigenvalue weighted by Crippen LogP contribution is -1.90. The first-order valence-corrected chi connectivity index (χ1v) is 2.15. The first-order chi connectivity index (χ1) is 3.65. The molecule has 3 N–H and O–H groups in total. The molecule has 0 aliphatic carbocycles. The van der Waals surface area contributed by atoms with Crippen LogP contribution in [-0.2, 0) is 4.79 Å². The molecule has 0 amide bonds. The molecule has 0 fully saturated rings. The van der Waals surface area contributed by atoms with E-state index in [-0.39, 0.29) is 0 Å². The average Bonchev–Trinajstić information content (AvgIpc) is 1.65. The Balaban J connectivity index is 0. The number of hydrogen-bond donors (Lipinski definition) is 2. The van der Waals surface area contributed by atoms with Crippen LogP contribution in [0.2, 0.25) is 0 Å². The van der Waals surface area contributed by atoms with Crippen molar-refractivity contribution in [2.45, 2.75) is 6.92 Å². The summed E-state index contributed by atoms with van der Waals surface area (Å²) in [6.07, 6.45) is 1.65. The zero-order valence-electron chi connectivity index (χ0n) is 4.92. The summed E-state index contributed by atoms with van der Waals surface area (Å²) in [5, 5.41) is 7.42. The monoisotopic (exact) mass is 117 g/mol. The van der Waals surface area contributed by atoms with Gasteiger partial charge in [0, 0.05) is 13.5 Å². The summed E-state index contributed by atoms with van der Waals surface area (Å²) in [5.74, 6) is -0.833. The molecule has 0 rings (SSSR count). The third kappa shape index (κ3) is 3110. The first-order valence-electron chi connectivity index (χ1n) is 2.15. The highest BCUT2D eigenvalue weighted by atomic mass is 16.4. The van der Waals surface area contributed by atoms with E-state index in [1.165, 1.54) is 0 Å². The van der Waals surface area contributed by atoms with Crippen molar-refractivity contribution in [2.75, 3.05) is 6.54 Å². The van der Waals surface area contributed by atoms with Gasteiger partial charge in [0.05, 0.1) is 0 Å². The van der Waals surface area contributed by atoms with Crippen LogP contribution in [0.15, 0.2) is 12.7 Å². The molecule has 0 aromatic rings. The molecule has 0 aliphatic heterocycles. The van der Waals surface area contributed by atoms with E-state index in [4.69, 9.17) is 15.6 Å². The summed E-state index contributed by atoms with van der Waals surface area (Å²) in [6, 6.07) is 0. The van der Waals surface area contributed by atoms with Gasteiger partial charge in [0.25, 0.3) is 5.97 Å². The normalized spacial score (nSPS) is 6.25. The molecule has 0 saturated carbocycles. The fourth-order valence-corrected chi connectivity index (χ4v) is 0. The number of rotatable bonds is 1. The molecule has 0 heterocycles. The standard InChI is InChI=1S/C3H7N.C2H4O2/c1-2-3-4;1-2(3)4/h2H,1,3-4H2;1H3,(H,3,4). The van der Waals surface area contributed by atoms with E-state index >= 15 is 0 Å². The van der Waals surface area contributed by atoms with Crippen LogP contribution in [0.1, 0.15) is 6.92 Å². The second kappa shape index (κ2) is 9.48. The van der Waals surface area contributed by atoms with Gasteiger partial charge in [-0.25, -0.2) is 0 Å². The van der Waals surface area contributed by atoms with E-state index in [1.54, 1.807) is 6.08 Å². The quantitative estimate of drug-likeness (QED) is 0.483. The number of carboxylic acid groups (broad SMARTS) is 1. The van der Waals surface area contributed by atoms with Crippen molar-refractivity contribution in [3.63, 3.8) is 0 Å². The van der Waals surface area contributed by atoms with Gasteiger partial charge in [-0.2, -0.15) is 0 Å². The van der Waals surface area contributed by atoms with Crippen LogP contribution in [0.25, 0.3) is 0 Å². The van der Waals surface area contributed by atoms with Gasteiger partial charge in [-0.15, -0.1) is 6.58 Å². The number of carboxylic acids is 1. The van der Waals surface area contributed by atoms with E-state index < -0.39 is 5.97 Å². The summed E-state index contributed by atoms with van der Waals surface area (Å²) < 4.78 is 0. The smallest absolute Gasteiger partial charge is 0.300 e. The molecule has 0 radical (unpaired) electrons. The van der Waals surface area contributed by atoms with Gasteiger partial charge in [0.1, 0.15) is 0 Å². The largest absolute Gasteiger partial charge is 0.481 e. The lowest BCUT2D eigenvalue weighted by molar-refractivity contribution is -0.134. The summed E-state index contributed by atoms with van der Waals surface area (Å²) in [5.41, 5.74) is 4.91. The Labute approximate surface area is 48.8 Å². The van der Waals surface area contributed by atoms with Crippen molar-refractivity contribution in [2.24, 2.45) is 5.73 Å². The topological polar surface area (TPSA) is 63.3 Å². The van der Waals surface area contributed by atoms with Crippen LogP contribution in [-0.4, -0.2) is 17.6 Å². The van der Waals surface area contributed by atoms with Gasteiger partial charge < -0.3 is 10.8 Å². The van der Waals surface area contributed by atoms with E-state index in [2.05, 4.69) is 6.58 Å². The predicted octanol–water partition coefficient (Wildman–Crippen LogP) is 0.222. The van der Waals surface area contributed by atoms with Crippen LogP contribution < -0.4 is 5.73 Å². The van der Waals surface area contributed by atoms with Crippen molar-refractivity contribution in [3.05, 3.63) is 12.7 Å². The lowest BCUT2D eigenvalue weighted by Gasteiger charge is -1.61. The third-order valence-electron chi connectivity index (χ3n) is 0.167. The van der Waals surface area contributed by atoms with Crippen molar-refractivity contribution in [3.8, 4) is 0 Å². The molecule has 0 aliphatic rings. The highest BCUT2D eigenvalue weighted by Gasteiger charge is 1.65. The Bertz CT molecular complexity index is 66.8. The van der Waals surface area contributed by atoms with Crippen LogP contribution in [0.4, 0.5) is 0 Å². The first kappa shape index (κ1) is 10.2. The van der Waals surface area contributed by atoms with E-state index in [1.807, 2.05) is 0 Å². The highest BCUT2D eigenvalue weighted by Crippen LogP contribution is 1.42. The van der Waals surface area contributed by atoms with Crippen molar-refractivity contribution in [1.82, 2.24) is 0 Å². The Hall–Kier alpha value is -0.830. The number of hydrogen-bond acceptors (Lipinski definition) is 2. The van der Waals surface area contributed by atoms with Crippen LogP contribution >= 0.6 is 0 Å². The number of nitrogens with two attached hydrogens (primary N) is 1. The summed E-state index contributed by atoms with van der Waals surface area (Å²) in [7, 11) is 0. The molecule has 3 heteroatoms. The van der Waals surface area contributed by atoms with Crippen molar-refractivity contribution < 1.29 is 9.90 Å². The number of aliphatic carboxylic acids is 1. The van der Waals surface area contributed by atoms with Gasteiger partial charge in [-0.05, 0) is 0 Å². The maximum absolute atomic E-state index is 9.00. The minimum absolute atomic E-state index is 0.583. The van der Waals surface area contributed by atoms with Gasteiger partial charge in [-0.3, -0.25) is 4.79 Å². The predicted molar refractivity (Wildman–Crippen MR) is 32.6 cm³/mol. The fraction of sp³-hybridized carbons (Fsp3) is 0.400. The van der Waals surface area contributed by atoms with Gasteiger partial charge in [0.2, 0.25) is 0 Å². The minimum Gasteiger partial charge on any atom is -0.481 e. The molecule has 0 spiro atoms. The van der Waals surface area contributed by atoms with Gasteiger partial charge in [0.15, 0.2) is 0 Å². The lowest BCUT2D eigenvalue weighted by atomic mass is 10.7. The van der Waals surface area contributed by atoms with Crippen molar-refractivity contribution >= 4 is 5.97 Å². The molecule has 0 aromatic heterocycles. The Kier molecular flexibility index (Phi) is 12.1. The summed E-state index contributed by atoms with van der Waals surface area (Å²) in [6.45, 7) is 5.02. The molecule has 0 unspecified atom stereocenters. The maximum atomic E-state index is 9.00. The Morgan fingerprint density at radius 1 is 2.00 bits per heavy atom. The summed E-state index contributed by atoms with van der Waals surface area (Å²) in [4.78, 5) is 9.00. The molecule has 3 nitrogen and oxygen atoms in total. The Morgan fingerprint density at radius 3 is 2.12 bits per heavy atom. The summed E-state index contributed by atoms with van der Waals surface area (Å²) >= 11 is 0. The van der Waals surface area contributed by atoms with Crippen molar-refractivity contribution in [1.29, 1.82) is 0 Å². The zero-order chi connectivity index (χ0) is 6.99. The minimum atomic E-state index is -0.833. The second-order valence-corrected chi connectivity index (χ2v) is 1.04. The SMILES string of the molecule is C=CCN.CC(=O)O. The maximum Gasteiger partial charge on any atom is 0.300 e. The van der Waals surface area contributed by atoms with E-state index in [0.29, 0.717) is 6.54 Å². The molecule has 8 heavy (non-hydrogen) atoms. The second-order valence-electron chi connectivity index (χ2n) is 1.04. The van der Waals surface area contributed by atoms with Crippen LogP contribution in [0.3, 0.4) is 0 Å². The third-order valence-corrected chi connectivity index (χ3v) is 0.167. The highest BCUT2D eigenvalue weighted by molar-refractivity contribution is 5.62. The van der Waals surface area contributed by atoms with Gasteiger partial charge in [-0.1, -0.05) is 6.08 Å². The molecule has 0 atom stereocenters. The van der Waals surface area contributed by atoms with E-state index in [9.17, 15) is 0 Å². The number of carbonyl (C=O) groups is 1. The zero-order valence-corrected chi connectivity index (χ0v) is 4.92. The Morgan fingerprint density at radius 2 is 2.12 bits per heavy atom. The molecule has 0 saturated heterocycles. The molecule has 0 bridgehead atoms. The van der Waals surface area contributed by atoms with Gasteiger partial charge >= 0.3 is 0 Å². The average molecular weight is 117 g/mol. The molecular formula is C5H11NO2.